The molecule has 0 saturated carbocycles. The Bertz CT molecular complexity index is 420. The van der Waals surface area contributed by atoms with Crippen molar-refractivity contribution in [1.29, 1.82) is 0 Å². The maximum Gasteiger partial charge on any atom is 0.278 e. The molecule has 0 aromatic carbocycles. The van der Waals surface area contributed by atoms with Gasteiger partial charge in [0.1, 0.15) is 0 Å². The van der Waals surface area contributed by atoms with E-state index in [9.17, 15) is 12.8 Å². The average molecular weight is 226 g/mol. The first-order valence-electron chi connectivity index (χ1n) is 3.10. The number of halogens is 2. The molecular formula is C6H5ClFNO3S. The molecular weight excluding hydrogens is 221 g/mol. The molecule has 0 radical (unpaired) electrons. The van der Waals surface area contributed by atoms with E-state index in [1.807, 2.05) is 0 Å². The Kier molecular flexibility index (Phi) is 2.72. The molecule has 1 rings (SSSR count). The minimum Gasteiger partial charge on any atom is -0.479 e. The van der Waals surface area contributed by atoms with Crippen molar-refractivity contribution in [3.05, 3.63) is 17.9 Å². The molecule has 0 fully saturated rings. The standard InChI is InChI=1S/C6H5ClFNO3S/c1-12-6-4(8)2-3-5(9-6)13(7,10)11/h2-3H,1H3. The van der Waals surface area contributed by atoms with Crippen molar-refractivity contribution in [2.75, 3.05) is 7.11 Å². The molecule has 0 amide bonds. The number of hydrogen-bond donors (Lipinski definition) is 0. The third-order valence-electron chi connectivity index (χ3n) is 1.23. The Morgan fingerprint density at radius 2 is 2.15 bits per heavy atom. The lowest BCUT2D eigenvalue weighted by Crippen LogP contribution is -1.99. The van der Waals surface area contributed by atoms with Crippen LogP contribution in [0.5, 0.6) is 5.88 Å². The van der Waals surface area contributed by atoms with Crippen molar-refractivity contribution in [2.24, 2.45) is 0 Å². The van der Waals surface area contributed by atoms with Crippen LogP contribution in [-0.2, 0) is 9.05 Å². The van der Waals surface area contributed by atoms with Gasteiger partial charge in [-0.25, -0.2) is 12.8 Å². The summed E-state index contributed by atoms with van der Waals surface area (Å²) < 4.78 is 38.7. The Hall–Kier alpha value is -0.880. The minimum absolute atomic E-state index is 0.401. The lowest BCUT2D eigenvalue weighted by molar-refractivity contribution is 0.365. The fourth-order valence-electron chi connectivity index (χ4n) is 0.685. The van der Waals surface area contributed by atoms with Crippen molar-refractivity contribution in [3.8, 4) is 5.88 Å². The molecule has 0 aliphatic heterocycles. The third kappa shape index (κ3) is 2.28. The zero-order valence-electron chi connectivity index (χ0n) is 6.49. The Balaban J connectivity index is 3.30. The van der Waals surface area contributed by atoms with Gasteiger partial charge in [0.25, 0.3) is 14.9 Å². The highest BCUT2D eigenvalue weighted by atomic mass is 35.7. The molecule has 13 heavy (non-hydrogen) atoms. The second kappa shape index (κ2) is 3.47. The first-order valence-corrected chi connectivity index (χ1v) is 5.41. The van der Waals surface area contributed by atoms with Crippen LogP contribution in [-0.4, -0.2) is 20.5 Å². The van der Waals surface area contributed by atoms with Crippen molar-refractivity contribution in [1.82, 2.24) is 4.98 Å². The van der Waals surface area contributed by atoms with Gasteiger partial charge >= 0.3 is 0 Å². The van der Waals surface area contributed by atoms with E-state index in [0.29, 0.717) is 0 Å². The molecule has 1 heterocycles. The maximum atomic E-state index is 12.7. The number of rotatable bonds is 2. The average Bonchev–Trinajstić information content (AvgIpc) is 2.03. The van der Waals surface area contributed by atoms with Crippen LogP contribution in [0.2, 0.25) is 0 Å². The van der Waals surface area contributed by atoms with E-state index in [4.69, 9.17) is 10.7 Å². The molecule has 0 spiro atoms. The van der Waals surface area contributed by atoms with Crippen LogP contribution in [0.15, 0.2) is 17.2 Å². The summed E-state index contributed by atoms with van der Waals surface area (Å²) in [5.74, 6) is -1.15. The molecule has 1 aromatic heterocycles. The lowest BCUT2D eigenvalue weighted by Gasteiger charge is -2.01. The van der Waals surface area contributed by atoms with Gasteiger partial charge in [-0.05, 0) is 12.1 Å². The van der Waals surface area contributed by atoms with Crippen molar-refractivity contribution < 1.29 is 17.5 Å². The molecule has 0 unspecified atom stereocenters. The second-order valence-corrected chi connectivity index (χ2v) is 4.59. The van der Waals surface area contributed by atoms with Gasteiger partial charge in [0, 0.05) is 10.7 Å². The smallest absolute Gasteiger partial charge is 0.278 e. The lowest BCUT2D eigenvalue weighted by atomic mass is 10.5. The fourth-order valence-corrected chi connectivity index (χ4v) is 1.37. The van der Waals surface area contributed by atoms with E-state index < -0.39 is 25.8 Å². The van der Waals surface area contributed by atoms with E-state index >= 15 is 0 Å². The second-order valence-electron chi connectivity index (χ2n) is 2.08. The highest BCUT2D eigenvalue weighted by Gasteiger charge is 2.15. The van der Waals surface area contributed by atoms with Crippen LogP contribution in [0, 0.1) is 5.82 Å². The summed E-state index contributed by atoms with van der Waals surface area (Å²) in [4.78, 5) is 3.34. The highest BCUT2D eigenvalue weighted by Crippen LogP contribution is 2.18. The predicted octanol–water partition coefficient (Wildman–Crippen LogP) is 1.16. The molecule has 72 valence electrons. The largest absolute Gasteiger partial charge is 0.479 e. The van der Waals surface area contributed by atoms with E-state index in [-0.39, 0.29) is 0 Å². The summed E-state index contributed by atoms with van der Waals surface area (Å²) in [6, 6.07) is 1.88. The van der Waals surface area contributed by atoms with Crippen molar-refractivity contribution in [2.45, 2.75) is 5.03 Å². The van der Waals surface area contributed by atoms with Gasteiger partial charge in [0.15, 0.2) is 10.8 Å². The van der Waals surface area contributed by atoms with Gasteiger partial charge in [0.2, 0.25) is 0 Å². The topological polar surface area (TPSA) is 56.3 Å². The maximum absolute atomic E-state index is 12.7. The molecule has 4 nitrogen and oxygen atoms in total. The zero-order valence-corrected chi connectivity index (χ0v) is 8.06. The zero-order chi connectivity index (χ0) is 10.1. The van der Waals surface area contributed by atoms with Crippen LogP contribution in [0.3, 0.4) is 0 Å². The van der Waals surface area contributed by atoms with Crippen LogP contribution in [0.4, 0.5) is 4.39 Å². The van der Waals surface area contributed by atoms with E-state index in [2.05, 4.69) is 9.72 Å². The van der Waals surface area contributed by atoms with Gasteiger partial charge in [0.05, 0.1) is 7.11 Å². The highest BCUT2D eigenvalue weighted by molar-refractivity contribution is 8.13. The summed E-state index contributed by atoms with van der Waals surface area (Å²) in [6.07, 6.45) is 0. The molecule has 0 N–H and O–H groups in total. The Morgan fingerprint density at radius 3 is 2.62 bits per heavy atom. The molecule has 0 aliphatic carbocycles. The van der Waals surface area contributed by atoms with Gasteiger partial charge in [-0.15, -0.1) is 0 Å². The Labute approximate surface area is 78.7 Å². The molecule has 0 saturated heterocycles. The summed E-state index contributed by atoms with van der Waals surface area (Å²) in [7, 11) is 2.21. The van der Waals surface area contributed by atoms with Crippen LogP contribution < -0.4 is 4.74 Å². The van der Waals surface area contributed by atoms with Gasteiger partial charge in [-0.3, -0.25) is 0 Å². The number of methoxy groups -OCH3 is 1. The number of nitrogens with zero attached hydrogens (tertiary/aromatic N) is 1. The van der Waals surface area contributed by atoms with Gasteiger partial charge < -0.3 is 4.74 Å². The summed E-state index contributed by atoms with van der Waals surface area (Å²) in [6.45, 7) is 0. The molecule has 7 heteroatoms. The van der Waals surface area contributed by atoms with Crippen LogP contribution in [0.25, 0.3) is 0 Å². The molecule has 0 bridgehead atoms. The number of hydrogen-bond acceptors (Lipinski definition) is 4. The normalized spacial score (nSPS) is 11.3. The quantitative estimate of drug-likeness (QED) is 0.709. The fraction of sp³-hybridized carbons (Fsp3) is 0.167. The van der Waals surface area contributed by atoms with E-state index in [1.165, 1.54) is 7.11 Å². The number of ether oxygens (including phenoxy) is 1. The van der Waals surface area contributed by atoms with Crippen LogP contribution in [0.1, 0.15) is 0 Å². The third-order valence-corrected chi connectivity index (χ3v) is 2.43. The first-order chi connectivity index (χ1) is 5.95. The summed E-state index contributed by atoms with van der Waals surface area (Å²) in [5, 5.41) is -0.438. The Morgan fingerprint density at radius 1 is 1.54 bits per heavy atom. The van der Waals surface area contributed by atoms with Gasteiger partial charge in [-0.1, -0.05) is 0 Å². The summed E-state index contributed by atoms with van der Waals surface area (Å²) >= 11 is 0. The number of aromatic nitrogens is 1. The molecule has 1 aromatic rings. The van der Waals surface area contributed by atoms with Crippen molar-refractivity contribution >= 4 is 19.7 Å². The SMILES string of the molecule is COc1nc(S(=O)(=O)Cl)ccc1F. The van der Waals surface area contributed by atoms with Gasteiger partial charge in [-0.2, -0.15) is 4.98 Å². The number of pyridine rings is 1. The van der Waals surface area contributed by atoms with Crippen molar-refractivity contribution in [3.63, 3.8) is 0 Å². The van der Waals surface area contributed by atoms with Crippen LogP contribution >= 0.6 is 10.7 Å². The predicted molar refractivity (Wildman–Crippen MR) is 43.8 cm³/mol. The first kappa shape index (κ1) is 10.2. The molecule has 0 atom stereocenters. The monoisotopic (exact) mass is 225 g/mol. The summed E-state index contributed by atoms with van der Waals surface area (Å²) in [5.41, 5.74) is 0. The minimum atomic E-state index is -3.94. The van der Waals surface area contributed by atoms with E-state index in [0.717, 1.165) is 12.1 Å². The molecule has 0 aliphatic rings. The van der Waals surface area contributed by atoms with E-state index in [1.54, 1.807) is 0 Å².